The number of benzene rings is 2. The summed E-state index contributed by atoms with van der Waals surface area (Å²) in [5.74, 6) is 1.21. The van der Waals surface area contributed by atoms with Crippen molar-refractivity contribution in [3.05, 3.63) is 48.5 Å². The van der Waals surface area contributed by atoms with Crippen molar-refractivity contribution in [2.45, 2.75) is 13.0 Å². The van der Waals surface area contributed by atoms with Crippen molar-refractivity contribution in [3.8, 4) is 17.2 Å². The number of para-hydroxylation sites is 4. The molecule has 156 valence electrons. The van der Waals surface area contributed by atoms with E-state index in [0.717, 1.165) is 10.6 Å². The van der Waals surface area contributed by atoms with E-state index < -0.39 is 15.9 Å². The number of sulfonamides is 1. The summed E-state index contributed by atoms with van der Waals surface area (Å²) in [6, 6.07) is 14.0. The van der Waals surface area contributed by atoms with E-state index in [4.69, 9.17) is 14.2 Å². The van der Waals surface area contributed by atoms with Crippen LogP contribution in [0.4, 0.5) is 5.69 Å². The van der Waals surface area contributed by atoms with Crippen LogP contribution in [-0.4, -0.2) is 53.0 Å². The molecule has 2 aromatic rings. The highest BCUT2D eigenvalue weighted by Crippen LogP contribution is 2.31. The molecule has 0 radical (unpaired) electrons. The second kappa shape index (κ2) is 9.04. The van der Waals surface area contributed by atoms with Crippen LogP contribution < -0.4 is 23.8 Å². The third-order valence-corrected chi connectivity index (χ3v) is 5.34. The SMILES string of the molecule is CCOc1ccccc1N(CC(=O)NC[C@@H]1COc2ccccc2O1)S(C)(=O)=O. The van der Waals surface area contributed by atoms with Crippen LogP contribution in [0, 0.1) is 0 Å². The van der Waals surface area contributed by atoms with Crippen molar-refractivity contribution < 1.29 is 27.4 Å². The Labute approximate surface area is 170 Å². The van der Waals surface area contributed by atoms with Crippen LogP contribution in [0.1, 0.15) is 6.92 Å². The molecule has 0 aliphatic carbocycles. The number of nitrogens with one attached hydrogen (secondary N) is 1. The predicted octanol–water partition coefficient (Wildman–Crippen LogP) is 1.81. The van der Waals surface area contributed by atoms with Gasteiger partial charge in [-0.15, -0.1) is 0 Å². The monoisotopic (exact) mass is 420 g/mol. The lowest BCUT2D eigenvalue weighted by Crippen LogP contribution is -2.45. The first-order valence-electron chi connectivity index (χ1n) is 9.23. The van der Waals surface area contributed by atoms with Gasteiger partial charge in [0.25, 0.3) is 0 Å². The lowest BCUT2D eigenvalue weighted by molar-refractivity contribution is -0.120. The quantitative estimate of drug-likeness (QED) is 0.700. The van der Waals surface area contributed by atoms with E-state index in [0.29, 0.717) is 36.1 Å². The van der Waals surface area contributed by atoms with Crippen LogP contribution in [0.2, 0.25) is 0 Å². The summed E-state index contributed by atoms with van der Waals surface area (Å²) in [5.41, 5.74) is 0.318. The van der Waals surface area contributed by atoms with Gasteiger partial charge in [-0.3, -0.25) is 9.10 Å². The zero-order valence-electron chi connectivity index (χ0n) is 16.3. The van der Waals surface area contributed by atoms with E-state index in [1.54, 1.807) is 37.3 Å². The maximum atomic E-state index is 12.5. The van der Waals surface area contributed by atoms with Crippen molar-refractivity contribution >= 4 is 21.6 Å². The van der Waals surface area contributed by atoms with Crippen LogP contribution in [0.3, 0.4) is 0 Å². The molecule has 3 rings (SSSR count). The second-order valence-electron chi connectivity index (χ2n) is 6.47. The molecule has 1 aliphatic rings. The largest absolute Gasteiger partial charge is 0.492 e. The molecule has 1 amide bonds. The fourth-order valence-electron chi connectivity index (χ4n) is 2.90. The van der Waals surface area contributed by atoms with Gasteiger partial charge in [-0.25, -0.2) is 8.42 Å². The van der Waals surface area contributed by atoms with E-state index in [1.165, 1.54) is 0 Å². The number of rotatable bonds is 8. The topological polar surface area (TPSA) is 94.2 Å². The highest BCUT2D eigenvalue weighted by atomic mass is 32.2. The van der Waals surface area contributed by atoms with Gasteiger partial charge in [0.05, 0.1) is 25.1 Å². The summed E-state index contributed by atoms with van der Waals surface area (Å²) in [5, 5.41) is 2.72. The van der Waals surface area contributed by atoms with E-state index in [9.17, 15) is 13.2 Å². The first-order valence-corrected chi connectivity index (χ1v) is 11.1. The predicted molar refractivity (Wildman–Crippen MR) is 109 cm³/mol. The number of ether oxygens (including phenoxy) is 3. The molecule has 29 heavy (non-hydrogen) atoms. The standard InChI is InChI=1S/C20H24N2O6S/c1-3-26-17-9-5-4-8-16(17)22(29(2,24)25)13-20(23)21-12-15-14-27-18-10-6-7-11-19(18)28-15/h4-11,15H,3,12-14H2,1-2H3,(H,21,23)/t15-/m1/s1. The molecule has 0 fully saturated rings. The third-order valence-electron chi connectivity index (χ3n) is 4.22. The number of carbonyl (C=O) groups excluding carboxylic acids is 1. The third kappa shape index (κ3) is 5.32. The Hall–Kier alpha value is -2.94. The molecule has 9 heteroatoms. The molecule has 0 bridgehead atoms. The summed E-state index contributed by atoms with van der Waals surface area (Å²) in [4.78, 5) is 12.5. The molecule has 0 saturated carbocycles. The summed E-state index contributed by atoms with van der Waals surface area (Å²) in [6.07, 6.45) is 0.689. The Kier molecular flexibility index (Phi) is 6.48. The van der Waals surface area contributed by atoms with E-state index in [-0.39, 0.29) is 19.2 Å². The Morgan fingerprint density at radius 2 is 1.86 bits per heavy atom. The Morgan fingerprint density at radius 3 is 2.59 bits per heavy atom. The van der Waals surface area contributed by atoms with E-state index in [1.807, 2.05) is 18.2 Å². The minimum Gasteiger partial charge on any atom is -0.492 e. The molecule has 2 aromatic carbocycles. The van der Waals surface area contributed by atoms with Crippen molar-refractivity contribution in [1.29, 1.82) is 0 Å². The fraction of sp³-hybridized carbons (Fsp3) is 0.350. The Balaban J connectivity index is 1.65. The molecular weight excluding hydrogens is 396 g/mol. The number of fused-ring (bicyclic) bond motifs is 1. The molecule has 1 N–H and O–H groups in total. The van der Waals surface area contributed by atoms with Gasteiger partial charge in [0.15, 0.2) is 11.5 Å². The first kappa shape index (κ1) is 20.8. The fourth-order valence-corrected chi connectivity index (χ4v) is 3.76. The summed E-state index contributed by atoms with van der Waals surface area (Å²) < 4.78 is 42.6. The van der Waals surface area contributed by atoms with Gasteiger partial charge in [0.2, 0.25) is 15.9 Å². The van der Waals surface area contributed by atoms with Crippen LogP contribution in [0.15, 0.2) is 48.5 Å². The number of amides is 1. The van der Waals surface area contributed by atoms with Gasteiger partial charge in [-0.05, 0) is 31.2 Å². The number of hydrogen-bond donors (Lipinski definition) is 1. The van der Waals surface area contributed by atoms with Crippen molar-refractivity contribution in [2.24, 2.45) is 0 Å². The Bertz CT molecular complexity index is 963. The Morgan fingerprint density at radius 1 is 1.17 bits per heavy atom. The van der Waals surface area contributed by atoms with Crippen LogP contribution >= 0.6 is 0 Å². The lowest BCUT2D eigenvalue weighted by atomic mass is 10.2. The van der Waals surface area contributed by atoms with Gasteiger partial charge in [0.1, 0.15) is 25.0 Å². The van der Waals surface area contributed by atoms with Gasteiger partial charge >= 0.3 is 0 Å². The normalized spacial score (nSPS) is 15.4. The smallest absolute Gasteiger partial charge is 0.240 e. The van der Waals surface area contributed by atoms with Crippen molar-refractivity contribution in [2.75, 3.05) is 36.9 Å². The number of hydrogen-bond acceptors (Lipinski definition) is 6. The lowest BCUT2D eigenvalue weighted by Gasteiger charge is -2.27. The molecule has 0 unspecified atom stereocenters. The molecule has 1 aliphatic heterocycles. The van der Waals surface area contributed by atoms with Gasteiger partial charge in [0, 0.05) is 0 Å². The summed E-state index contributed by atoms with van der Waals surface area (Å²) in [7, 11) is -3.70. The highest BCUT2D eigenvalue weighted by molar-refractivity contribution is 7.92. The maximum Gasteiger partial charge on any atom is 0.240 e. The molecule has 1 atom stereocenters. The minimum absolute atomic E-state index is 0.192. The molecule has 8 nitrogen and oxygen atoms in total. The van der Waals surface area contributed by atoms with Crippen LogP contribution in [0.25, 0.3) is 0 Å². The average molecular weight is 420 g/mol. The highest BCUT2D eigenvalue weighted by Gasteiger charge is 2.25. The molecule has 1 heterocycles. The molecule has 0 saturated heterocycles. The van der Waals surface area contributed by atoms with Crippen LogP contribution in [0.5, 0.6) is 17.2 Å². The molecule has 0 aromatic heterocycles. The minimum atomic E-state index is -3.70. The second-order valence-corrected chi connectivity index (χ2v) is 8.38. The van der Waals surface area contributed by atoms with Gasteiger partial charge in [-0.1, -0.05) is 24.3 Å². The summed E-state index contributed by atoms with van der Waals surface area (Å²) in [6.45, 7) is 2.30. The van der Waals surface area contributed by atoms with Crippen LogP contribution in [-0.2, 0) is 14.8 Å². The van der Waals surface area contributed by atoms with Crippen molar-refractivity contribution in [3.63, 3.8) is 0 Å². The van der Waals surface area contributed by atoms with E-state index in [2.05, 4.69) is 5.32 Å². The number of anilines is 1. The van der Waals surface area contributed by atoms with Gasteiger partial charge < -0.3 is 19.5 Å². The first-order chi connectivity index (χ1) is 13.9. The summed E-state index contributed by atoms with van der Waals surface area (Å²) >= 11 is 0. The number of carbonyl (C=O) groups is 1. The molecule has 0 spiro atoms. The maximum absolute atomic E-state index is 12.5. The average Bonchev–Trinajstić information content (AvgIpc) is 2.70. The van der Waals surface area contributed by atoms with Gasteiger partial charge in [-0.2, -0.15) is 0 Å². The van der Waals surface area contributed by atoms with E-state index >= 15 is 0 Å². The molecular formula is C20H24N2O6S. The zero-order valence-corrected chi connectivity index (χ0v) is 17.1. The zero-order chi connectivity index (χ0) is 20.9. The number of nitrogens with zero attached hydrogens (tertiary/aromatic N) is 1. The van der Waals surface area contributed by atoms with Crippen molar-refractivity contribution in [1.82, 2.24) is 5.32 Å².